The molecule has 3 aromatic rings. The molecule has 0 atom stereocenters. The fourth-order valence-corrected chi connectivity index (χ4v) is 4.50. The van der Waals surface area contributed by atoms with E-state index in [1.54, 1.807) is 16.8 Å². The van der Waals surface area contributed by atoms with Gasteiger partial charge in [-0.25, -0.2) is 9.69 Å². The summed E-state index contributed by atoms with van der Waals surface area (Å²) in [6.45, 7) is 1.95. The first kappa shape index (κ1) is 19.4. The Labute approximate surface area is 184 Å². The second-order valence-corrected chi connectivity index (χ2v) is 8.30. The first-order chi connectivity index (χ1) is 14.6. The van der Waals surface area contributed by atoms with E-state index < -0.39 is 0 Å². The number of benzene rings is 2. The third-order valence-corrected chi connectivity index (χ3v) is 6.00. The van der Waals surface area contributed by atoms with Crippen molar-refractivity contribution in [2.45, 2.75) is 25.9 Å². The van der Waals surface area contributed by atoms with Gasteiger partial charge in [0.05, 0.1) is 16.4 Å². The van der Waals surface area contributed by atoms with Gasteiger partial charge < -0.3 is 4.74 Å². The number of carbonyl (C=O) groups excluding carboxylic acids is 1. The number of fused-ring (bicyclic) bond motifs is 3. The molecule has 2 aromatic carbocycles. The van der Waals surface area contributed by atoms with Crippen molar-refractivity contribution in [3.05, 3.63) is 63.8 Å². The quantitative estimate of drug-likeness (QED) is 0.628. The number of para-hydroxylation sites is 1. The highest BCUT2D eigenvalue weighted by Gasteiger charge is 2.31. The molecule has 0 unspecified atom stereocenters. The average Bonchev–Trinajstić information content (AvgIpc) is 3.14. The third kappa shape index (κ3) is 3.45. The number of hydrazine groups is 1. The van der Waals surface area contributed by atoms with Crippen molar-refractivity contribution >= 4 is 29.1 Å². The minimum atomic E-state index is -0.236. The van der Waals surface area contributed by atoms with Crippen LogP contribution in [0.3, 0.4) is 0 Å². The highest BCUT2D eigenvalue weighted by Crippen LogP contribution is 2.41. The fraction of sp³-hybridized carbons (Fsp3) is 0.273. The summed E-state index contributed by atoms with van der Waals surface area (Å²) in [5.74, 6) is 0.513. The summed E-state index contributed by atoms with van der Waals surface area (Å²) in [5.41, 5.74) is 6.43. The van der Waals surface area contributed by atoms with E-state index in [2.05, 4.69) is 10.5 Å². The van der Waals surface area contributed by atoms with Gasteiger partial charge in [-0.3, -0.25) is 10.2 Å². The Balaban J connectivity index is 1.63. The van der Waals surface area contributed by atoms with Crippen LogP contribution >= 0.6 is 23.2 Å². The number of nitrogens with zero attached hydrogens (tertiary/aromatic N) is 3. The number of nitrogens with one attached hydrogen (secondary N) is 1. The number of carbonyl (C=O) groups is 1. The molecule has 2 aliphatic rings. The molecule has 1 amide bonds. The summed E-state index contributed by atoms with van der Waals surface area (Å²) in [5, 5.41) is 7.65. The monoisotopic (exact) mass is 442 g/mol. The summed E-state index contributed by atoms with van der Waals surface area (Å²) in [7, 11) is 0. The smallest absolute Gasteiger partial charge is 0.286 e. The molecular weight excluding hydrogens is 423 g/mol. The zero-order valence-electron chi connectivity index (χ0n) is 16.2. The number of amides is 1. The number of hydrogen-bond donors (Lipinski definition) is 1. The van der Waals surface area contributed by atoms with Crippen LogP contribution in [-0.2, 0) is 6.61 Å². The lowest BCUT2D eigenvalue weighted by molar-refractivity contribution is 0.0742. The van der Waals surface area contributed by atoms with Crippen LogP contribution in [0.1, 0.15) is 35.3 Å². The van der Waals surface area contributed by atoms with Gasteiger partial charge in [-0.1, -0.05) is 41.8 Å². The van der Waals surface area contributed by atoms with E-state index in [4.69, 9.17) is 27.9 Å². The first-order valence-corrected chi connectivity index (χ1v) is 10.7. The number of piperidine rings is 1. The molecule has 6 nitrogen and oxygen atoms in total. The molecule has 154 valence electrons. The largest absolute Gasteiger partial charge is 0.488 e. The molecule has 0 saturated carbocycles. The SMILES string of the molecule is O=C(NN1CCCCC1)c1nn(-c2ccc(Cl)cc2Cl)c2c1COc1ccccc1-2. The van der Waals surface area contributed by atoms with Crippen molar-refractivity contribution in [2.75, 3.05) is 13.1 Å². The molecule has 1 N–H and O–H groups in total. The molecule has 0 radical (unpaired) electrons. The van der Waals surface area contributed by atoms with E-state index >= 15 is 0 Å². The molecule has 2 aliphatic heterocycles. The van der Waals surface area contributed by atoms with Gasteiger partial charge in [-0.05, 0) is 43.2 Å². The van der Waals surface area contributed by atoms with Crippen molar-refractivity contribution in [1.29, 1.82) is 0 Å². The molecule has 0 spiro atoms. The van der Waals surface area contributed by atoms with E-state index in [9.17, 15) is 4.79 Å². The Kier molecular flexibility index (Phi) is 5.15. The van der Waals surface area contributed by atoms with Gasteiger partial charge in [0.25, 0.3) is 5.91 Å². The Morgan fingerprint density at radius 1 is 1.07 bits per heavy atom. The van der Waals surface area contributed by atoms with E-state index in [0.717, 1.165) is 48.5 Å². The van der Waals surface area contributed by atoms with Crippen molar-refractivity contribution in [1.82, 2.24) is 20.2 Å². The van der Waals surface area contributed by atoms with Gasteiger partial charge in [0.2, 0.25) is 0 Å². The molecule has 1 aromatic heterocycles. The molecule has 0 bridgehead atoms. The topological polar surface area (TPSA) is 59.4 Å². The predicted octanol–water partition coefficient (Wildman–Crippen LogP) is 4.87. The van der Waals surface area contributed by atoms with E-state index in [0.29, 0.717) is 21.4 Å². The summed E-state index contributed by atoms with van der Waals surface area (Å²) in [6.07, 6.45) is 3.34. The molecule has 8 heteroatoms. The molecular formula is C22H20Cl2N4O2. The summed E-state index contributed by atoms with van der Waals surface area (Å²) in [4.78, 5) is 13.1. The zero-order valence-corrected chi connectivity index (χ0v) is 17.7. The van der Waals surface area contributed by atoms with Gasteiger partial charge in [0, 0.05) is 29.2 Å². The van der Waals surface area contributed by atoms with Crippen LogP contribution < -0.4 is 10.2 Å². The normalized spacial score (nSPS) is 15.8. The lowest BCUT2D eigenvalue weighted by atomic mass is 10.0. The van der Waals surface area contributed by atoms with Gasteiger partial charge in [0.15, 0.2) is 5.69 Å². The first-order valence-electron chi connectivity index (χ1n) is 9.97. The van der Waals surface area contributed by atoms with Crippen molar-refractivity contribution in [3.63, 3.8) is 0 Å². The summed E-state index contributed by atoms with van der Waals surface area (Å²) >= 11 is 12.6. The molecule has 1 fully saturated rings. The van der Waals surface area contributed by atoms with Crippen LogP contribution in [0.4, 0.5) is 0 Å². The highest BCUT2D eigenvalue weighted by atomic mass is 35.5. The molecule has 3 heterocycles. The summed E-state index contributed by atoms with van der Waals surface area (Å²) < 4.78 is 7.65. The minimum Gasteiger partial charge on any atom is -0.488 e. The molecule has 0 aliphatic carbocycles. The second kappa shape index (κ2) is 7.95. The van der Waals surface area contributed by atoms with Crippen LogP contribution in [0.2, 0.25) is 10.0 Å². The zero-order chi connectivity index (χ0) is 20.7. The Bertz CT molecular complexity index is 1120. The predicted molar refractivity (Wildman–Crippen MR) is 116 cm³/mol. The number of rotatable bonds is 3. The van der Waals surface area contributed by atoms with E-state index in [-0.39, 0.29) is 12.5 Å². The van der Waals surface area contributed by atoms with E-state index in [1.165, 1.54) is 6.42 Å². The fourth-order valence-electron chi connectivity index (χ4n) is 4.01. The maximum Gasteiger partial charge on any atom is 0.286 e. The Morgan fingerprint density at radius 2 is 1.87 bits per heavy atom. The van der Waals surface area contributed by atoms with Crippen molar-refractivity contribution in [2.24, 2.45) is 0 Å². The lowest BCUT2D eigenvalue weighted by Gasteiger charge is -2.26. The van der Waals surface area contributed by atoms with Gasteiger partial charge >= 0.3 is 0 Å². The van der Waals surface area contributed by atoms with Crippen LogP contribution in [-0.4, -0.2) is 33.8 Å². The van der Waals surface area contributed by atoms with E-state index in [1.807, 2.05) is 35.3 Å². The maximum atomic E-state index is 13.1. The highest BCUT2D eigenvalue weighted by molar-refractivity contribution is 6.35. The van der Waals surface area contributed by atoms with Crippen molar-refractivity contribution in [3.8, 4) is 22.7 Å². The minimum absolute atomic E-state index is 0.236. The van der Waals surface area contributed by atoms with Gasteiger partial charge in [0.1, 0.15) is 12.4 Å². The Morgan fingerprint density at radius 3 is 2.67 bits per heavy atom. The van der Waals surface area contributed by atoms with Gasteiger partial charge in [-0.15, -0.1) is 0 Å². The van der Waals surface area contributed by atoms with Crippen LogP contribution in [0.5, 0.6) is 5.75 Å². The third-order valence-electron chi connectivity index (χ3n) is 5.47. The number of aromatic nitrogens is 2. The standard InChI is InChI=1S/C22H20Cl2N4O2/c23-14-8-9-18(17(24)12-14)28-21-15-6-2-3-7-19(15)30-13-16(21)20(25-28)22(29)26-27-10-4-1-5-11-27/h2-3,6-9,12H,1,4-5,10-11,13H2,(H,26,29). The van der Waals surface area contributed by atoms with Crippen LogP contribution in [0.25, 0.3) is 16.9 Å². The maximum absolute atomic E-state index is 13.1. The number of ether oxygens (including phenoxy) is 1. The Hall–Kier alpha value is -2.54. The average molecular weight is 443 g/mol. The number of hydrogen-bond acceptors (Lipinski definition) is 4. The van der Waals surface area contributed by atoms with Crippen LogP contribution in [0, 0.1) is 0 Å². The van der Waals surface area contributed by atoms with Crippen molar-refractivity contribution < 1.29 is 9.53 Å². The second-order valence-electron chi connectivity index (χ2n) is 7.46. The molecule has 5 rings (SSSR count). The molecule has 1 saturated heterocycles. The van der Waals surface area contributed by atoms with Gasteiger partial charge in [-0.2, -0.15) is 5.10 Å². The summed E-state index contributed by atoms with van der Waals surface area (Å²) in [6, 6.07) is 13.0. The number of halogens is 2. The molecule has 30 heavy (non-hydrogen) atoms. The lowest BCUT2D eigenvalue weighted by Crippen LogP contribution is -2.45. The van der Waals surface area contributed by atoms with Crippen LogP contribution in [0.15, 0.2) is 42.5 Å².